The molecule has 0 aliphatic heterocycles. The first-order valence-corrected chi connectivity index (χ1v) is 11.9. The fourth-order valence-electron chi connectivity index (χ4n) is 3.48. The molecule has 3 aromatic rings. The number of amides is 1. The van der Waals surface area contributed by atoms with Crippen LogP contribution in [-0.4, -0.2) is 42.7 Å². The minimum Gasteiger partial charge on any atom is -0.496 e. The summed E-state index contributed by atoms with van der Waals surface area (Å²) in [7, 11) is 2.09. The van der Waals surface area contributed by atoms with Crippen molar-refractivity contribution >= 4 is 21.6 Å². The predicted molar refractivity (Wildman–Crippen MR) is 130 cm³/mol. The highest BCUT2D eigenvalue weighted by Crippen LogP contribution is 2.32. The maximum Gasteiger partial charge on any atom is 0.264 e. The normalized spacial score (nSPS) is 11.9. The van der Waals surface area contributed by atoms with Crippen LogP contribution in [-0.2, 0) is 10.0 Å². The van der Waals surface area contributed by atoms with E-state index in [0.717, 1.165) is 9.87 Å². The number of anilines is 1. The number of rotatable bonds is 9. The van der Waals surface area contributed by atoms with Gasteiger partial charge in [0.15, 0.2) is 11.5 Å². The molecule has 8 nitrogen and oxygen atoms in total. The molecule has 3 rings (SSSR count). The van der Waals surface area contributed by atoms with Crippen molar-refractivity contribution in [3.63, 3.8) is 0 Å². The molecular weight excluding hydrogens is 456 g/mol. The van der Waals surface area contributed by atoms with Gasteiger partial charge in [-0.05, 0) is 49.4 Å². The van der Waals surface area contributed by atoms with E-state index in [9.17, 15) is 13.2 Å². The van der Waals surface area contributed by atoms with Crippen molar-refractivity contribution in [3.8, 4) is 17.2 Å². The standard InChI is InChI=1S/C25H28N2O6S/c1-17(21-8-6-7-9-22(21)31-3)26-25(28)18-10-12-19(13-11-18)27(2)34(29,30)20-14-15-23(32-4)24(16-20)33-5/h6-17H,1-5H3,(H,26,28). The van der Waals surface area contributed by atoms with E-state index in [1.807, 2.05) is 31.2 Å². The largest absolute Gasteiger partial charge is 0.496 e. The number of sulfonamides is 1. The monoisotopic (exact) mass is 484 g/mol. The smallest absolute Gasteiger partial charge is 0.264 e. The zero-order chi connectivity index (χ0) is 24.9. The van der Waals surface area contributed by atoms with Crippen LogP contribution in [0.4, 0.5) is 5.69 Å². The Morgan fingerprint density at radius 3 is 2.09 bits per heavy atom. The number of benzene rings is 3. The topological polar surface area (TPSA) is 94.2 Å². The van der Waals surface area contributed by atoms with E-state index in [2.05, 4.69) is 5.32 Å². The summed E-state index contributed by atoms with van der Waals surface area (Å²) in [6, 6.07) is 17.9. The van der Waals surface area contributed by atoms with Crippen LogP contribution >= 0.6 is 0 Å². The van der Waals surface area contributed by atoms with Crippen molar-refractivity contribution in [2.45, 2.75) is 17.9 Å². The quantitative estimate of drug-likeness (QED) is 0.493. The van der Waals surface area contributed by atoms with Gasteiger partial charge in [0, 0.05) is 24.2 Å². The number of ether oxygens (including phenoxy) is 3. The van der Waals surface area contributed by atoms with Gasteiger partial charge in [-0.25, -0.2) is 8.42 Å². The Hall–Kier alpha value is -3.72. The van der Waals surface area contributed by atoms with Crippen molar-refractivity contribution in [2.75, 3.05) is 32.7 Å². The Balaban J connectivity index is 1.77. The highest BCUT2D eigenvalue weighted by molar-refractivity contribution is 7.92. The van der Waals surface area contributed by atoms with E-state index in [-0.39, 0.29) is 16.8 Å². The Labute approximate surface area is 200 Å². The van der Waals surface area contributed by atoms with Gasteiger partial charge in [-0.2, -0.15) is 0 Å². The van der Waals surface area contributed by atoms with E-state index < -0.39 is 10.0 Å². The maximum absolute atomic E-state index is 13.1. The molecule has 34 heavy (non-hydrogen) atoms. The van der Waals surface area contributed by atoms with Gasteiger partial charge in [0.2, 0.25) is 0 Å². The zero-order valence-corrected chi connectivity index (χ0v) is 20.5. The van der Waals surface area contributed by atoms with Crippen LogP contribution in [0.1, 0.15) is 28.9 Å². The lowest BCUT2D eigenvalue weighted by molar-refractivity contribution is 0.0939. The van der Waals surface area contributed by atoms with Crippen LogP contribution < -0.4 is 23.8 Å². The van der Waals surface area contributed by atoms with Crippen molar-refractivity contribution in [3.05, 3.63) is 77.9 Å². The Bertz CT molecular complexity index is 1260. The third kappa shape index (κ3) is 5.09. The molecule has 0 fully saturated rings. The first-order chi connectivity index (χ1) is 16.2. The van der Waals surface area contributed by atoms with Gasteiger partial charge < -0.3 is 19.5 Å². The molecule has 1 atom stereocenters. The molecule has 0 aliphatic carbocycles. The lowest BCUT2D eigenvalue weighted by Crippen LogP contribution is -2.28. The number of hydrogen-bond donors (Lipinski definition) is 1. The van der Waals surface area contributed by atoms with Crippen LogP contribution in [0.5, 0.6) is 17.2 Å². The summed E-state index contributed by atoms with van der Waals surface area (Å²) >= 11 is 0. The average molecular weight is 485 g/mol. The highest BCUT2D eigenvalue weighted by Gasteiger charge is 2.23. The van der Waals surface area contributed by atoms with Crippen LogP contribution in [0.25, 0.3) is 0 Å². The highest BCUT2D eigenvalue weighted by atomic mass is 32.2. The maximum atomic E-state index is 13.1. The molecule has 1 N–H and O–H groups in total. The molecule has 0 spiro atoms. The first-order valence-electron chi connectivity index (χ1n) is 10.5. The number of nitrogens with zero attached hydrogens (tertiary/aromatic N) is 1. The van der Waals surface area contributed by atoms with E-state index >= 15 is 0 Å². The summed E-state index contributed by atoms with van der Waals surface area (Å²) in [4.78, 5) is 12.8. The molecule has 0 saturated heterocycles. The van der Waals surface area contributed by atoms with E-state index in [4.69, 9.17) is 14.2 Å². The van der Waals surface area contributed by atoms with Gasteiger partial charge in [0.05, 0.1) is 38.0 Å². The first kappa shape index (κ1) is 24.9. The summed E-state index contributed by atoms with van der Waals surface area (Å²) in [6.07, 6.45) is 0. The third-order valence-electron chi connectivity index (χ3n) is 5.46. The van der Waals surface area contributed by atoms with Crippen LogP contribution in [0.15, 0.2) is 71.6 Å². The van der Waals surface area contributed by atoms with Crippen molar-refractivity contribution < 1.29 is 27.4 Å². The number of carbonyl (C=O) groups is 1. The van der Waals surface area contributed by atoms with Crippen LogP contribution in [0.2, 0.25) is 0 Å². The van der Waals surface area contributed by atoms with Gasteiger partial charge in [0.25, 0.3) is 15.9 Å². The fraction of sp³-hybridized carbons (Fsp3) is 0.240. The molecule has 0 aromatic heterocycles. The zero-order valence-electron chi connectivity index (χ0n) is 19.7. The number of carbonyl (C=O) groups excluding carboxylic acids is 1. The number of nitrogens with one attached hydrogen (secondary N) is 1. The number of para-hydroxylation sites is 1. The lowest BCUT2D eigenvalue weighted by Gasteiger charge is -2.21. The van der Waals surface area contributed by atoms with Gasteiger partial charge >= 0.3 is 0 Å². The molecule has 3 aromatic carbocycles. The number of methoxy groups -OCH3 is 3. The second-order valence-electron chi connectivity index (χ2n) is 7.47. The minimum atomic E-state index is -3.86. The molecule has 0 radical (unpaired) electrons. The molecule has 9 heteroatoms. The van der Waals surface area contributed by atoms with E-state index in [0.29, 0.717) is 28.5 Å². The number of hydrogen-bond acceptors (Lipinski definition) is 6. The van der Waals surface area contributed by atoms with E-state index in [1.54, 1.807) is 31.4 Å². The molecule has 180 valence electrons. The van der Waals surface area contributed by atoms with Crippen LogP contribution in [0, 0.1) is 0 Å². The second-order valence-corrected chi connectivity index (χ2v) is 9.44. The summed E-state index contributed by atoms with van der Waals surface area (Å²) in [5.74, 6) is 1.15. The van der Waals surface area contributed by atoms with Gasteiger partial charge in [0.1, 0.15) is 5.75 Å². The summed E-state index contributed by atoms with van der Waals surface area (Å²) in [5, 5.41) is 2.94. The summed E-state index contributed by atoms with van der Waals surface area (Å²) in [6.45, 7) is 1.87. The lowest BCUT2D eigenvalue weighted by atomic mass is 10.1. The fourth-order valence-corrected chi connectivity index (χ4v) is 4.69. The molecule has 0 aliphatic rings. The van der Waals surface area contributed by atoms with Crippen LogP contribution in [0.3, 0.4) is 0 Å². The minimum absolute atomic E-state index is 0.0557. The van der Waals surface area contributed by atoms with Crippen molar-refractivity contribution in [1.82, 2.24) is 5.32 Å². The molecule has 0 bridgehead atoms. The van der Waals surface area contributed by atoms with E-state index in [1.165, 1.54) is 39.5 Å². The Morgan fingerprint density at radius 1 is 0.853 bits per heavy atom. The Kier molecular flexibility index (Phi) is 7.68. The predicted octanol–water partition coefficient (Wildman–Crippen LogP) is 4.03. The average Bonchev–Trinajstić information content (AvgIpc) is 2.87. The summed E-state index contributed by atoms with van der Waals surface area (Å²) < 4.78 is 43.1. The SMILES string of the molecule is COc1ccc(S(=O)(=O)N(C)c2ccc(C(=O)NC(C)c3ccccc3OC)cc2)cc1OC. The van der Waals surface area contributed by atoms with Gasteiger partial charge in [-0.3, -0.25) is 9.10 Å². The molecular formula is C25H28N2O6S. The molecule has 1 amide bonds. The van der Waals surface area contributed by atoms with Crippen molar-refractivity contribution in [1.29, 1.82) is 0 Å². The van der Waals surface area contributed by atoms with Crippen molar-refractivity contribution in [2.24, 2.45) is 0 Å². The summed E-state index contributed by atoms with van der Waals surface area (Å²) in [5.41, 5.74) is 1.67. The molecule has 0 saturated carbocycles. The second kappa shape index (κ2) is 10.5. The molecule has 1 unspecified atom stereocenters. The Morgan fingerprint density at radius 2 is 1.47 bits per heavy atom. The third-order valence-corrected chi connectivity index (χ3v) is 7.24. The van der Waals surface area contributed by atoms with Gasteiger partial charge in [-0.1, -0.05) is 18.2 Å². The molecule has 0 heterocycles. The van der Waals surface area contributed by atoms with Gasteiger partial charge in [-0.15, -0.1) is 0 Å².